The molecule has 0 N–H and O–H groups in total. The fourth-order valence-electron chi connectivity index (χ4n) is 1.70. The number of hydrogen-bond donors (Lipinski definition) is 0. The van der Waals surface area contributed by atoms with Gasteiger partial charge in [0.05, 0.1) is 18.5 Å². The molecule has 2 aromatic rings. The van der Waals surface area contributed by atoms with Gasteiger partial charge in [-0.3, -0.25) is 4.98 Å². The summed E-state index contributed by atoms with van der Waals surface area (Å²) < 4.78 is 5.12. The molecule has 1 aromatic heterocycles. The zero-order valence-corrected chi connectivity index (χ0v) is 11.5. The third-order valence-electron chi connectivity index (χ3n) is 2.66. The number of rotatable bonds is 5. The van der Waals surface area contributed by atoms with Crippen LogP contribution in [0.15, 0.2) is 47.7 Å². The van der Waals surface area contributed by atoms with Crippen molar-refractivity contribution in [1.82, 2.24) is 4.98 Å². The number of nitrogens with zero attached hydrogens (tertiary/aromatic N) is 2. The molecule has 0 radical (unpaired) electrons. The predicted molar refractivity (Wildman–Crippen MR) is 78.3 cm³/mol. The van der Waals surface area contributed by atoms with Crippen LogP contribution in [0.2, 0.25) is 5.02 Å². The van der Waals surface area contributed by atoms with E-state index in [9.17, 15) is 0 Å². The average molecular weight is 275 g/mol. The molecule has 4 heteroatoms. The van der Waals surface area contributed by atoms with Gasteiger partial charge in [0.2, 0.25) is 0 Å². The summed E-state index contributed by atoms with van der Waals surface area (Å²) in [6.45, 7) is 2.52. The standard InChI is InChI=1S/C15H15ClN2O/c1-2-19-11-18-15-10-17-8-7-13(15)9-12-5-3-4-6-14(12)16/h3-8,10-11H,2,9H2,1H3. The van der Waals surface area contributed by atoms with Crippen molar-refractivity contribution in [3.05, 3.63) is 58.9 Å². The molecule has 1 aromatic carbocycles. The van der Waals surface area contributed by atoms with E-state index in [0.29, 0.717) is 6.61 Å². The molecule has 0 atom stereocenters. The molecule has 3 nitrogen and oxygen atoms in total. The molecule has 2 rings (SSSR count). The molecule has 0 fully saturated rings. The summed E-state index contributed by atoms with van der Waals surface area (Å²) >= 11 is 6.17. The Hall–Kier alpha value is -1.87. The molecule has 98 valence electrons. The molecule has 0 aliphatic heterocycles. The van der Waals surface area contributed by atoms with Crippen LogP contribution in [-0.2, 0) is 11.2 Å². The lowest BCUT2D eigenvalue weighted by atomic mass is 10.0. The number of benzene rings is 1. The van der Waals surface area contributed by atoms with Crippen LogP contribution in [0.25, 0.3) is 0 Å². The van der Waals surface area contributed by atoms with Gasteiger partial charge in [0.15, 0.2) is 6.40 Å². The van der Waals surface area contributed by atoms with E-state index in [1.165, 1.54) is 6.40 Å². The first-order valence-electron chi connectivity index (χ1n) is 6.11. The van der Waals surface area contributed by atoms with Crippen molar-refractivity contribution in [1.29, 1.82) is 0 Å². The third-order valence-corrected chi connectivity index (χ3v) is 3.03. The number of aromatic nitrogens is 1. The summed E-state index contributed by atoms with van der Waals surface area (Å²) in [6, 6.07) is 9.75. The lowest BCUT2D eigenvalue weighted by Crippen LogP contribution is -1.92. The number of aliphatic imine (C=N–C) groups is 1. The van der Waals surface area contributed by atoms with Gasteiger partial charge in [-0.1, -0.05) is 29.8 Å². The summed E-state index contributed by atoms with van der Waals surface area (Å²) in [5, 5.41) is 0.763. The fraction of sp³-hybridized carbons (Fsp3) is 0.200. The Morgan fingerprint density at radius 3 is 2.89 bits per heavy atom. The molecular weight excluding hydrogens is 260 g/mol. The minimum atomic E-state index is 0.601. The largest absolute Gasteiger partial charge is 0.483 e. The van der Waals surface area contributed by atoms with Gasteiger partial charge in [-0.15, -0.1) is 0 Å². The zero-order valence-electron chi connectivity index (χ0n) is 10.7. The summed E-state index contributed by atoms with van der Waals surface area (Å²) in [5.41, 5.74) is 2.94. The van der Waals surface area contributed by atoms with Gasteiger partial charge >= 0.3 is 0 Å². The minimum Gasteiger partial charge on any atom is -0.483 e. The highest BCUT2D eigenvalue weighted by molar-refractivity contribution is 6.31. The van der Waals surface area contributed by atoms with Gasteiger partial charge in [0.25, 0.3) is 0 Å². The second-order valence-electron chi connectivity index (χ2n) is 3.96. The maximum Gasteiger partial charge on any atom is 0.174 e. The Morgan fingerprint density at radius 2 is 2.11 bits per heavy atom. The predicted octanol–water partition coefficient (Wildman–Crippen LogP) is 4.02. The molecular formula is C15H15ClN2O. The Labute approximate surface area is 117 Å². The molecule has 0 aliphatic rings. The fourth-order valence-corrected chi connectivity index (χ4v) is 1.90. The number of ether oxygens (including phenoxy) is 1. The molecule has 19 heavy (non-hydrogen) atoms. The Balaban J connectivity index is 2.23. The molecule has 0 aliphatic carbocycles. The second kappa shape index (κ2) is 6.90. The smallest absolute Gasteiger partial charge is 0.174 e. The van der Waals surface area contributed by atoms with E-state index in [2.05, 4.69) is 9.98 Å². The first kappa shape index (κ1) is 13.6. The van der Waals surface area contributed by atoms with Crippen LogP contribution in [0, 0.1) is 0 Å². The van der Waals surface area contributed by atoms with Crippen LogP contribution in [0.3, 0.4) is 0 Å². The van der Waals surface area contributed by atoms with Crippen LogP contribution in [0.4, 0.5) is 5.69 Å². The van der Waals surface area contributed by atoms with Crippen LogP contribution < -0.4 is 0 Å². The lowest BCUT2D eigenvalue weighted by Gasteiger charge is -2.06. The normalized spacial score (nSPS) is 10.8. The molecule has 1 heterocycles. The first-order valence-corrected chi connectivity index (χ1v) is 6.49. The maximum absolute atomic E-state index is 6.17. The van der Waals surface area contributed by atoms with E-state index < -0.39 is 0 Å². The summed E-state index contributed by atoms with van der Waals surface area (Å²) in [5.74, 6) is 0. The second-order valence-corrected chi connectivity index (χ2v) is 4.37. The van der Waals surface area contributed by atoms with Crippen molar-refractivity contribution in [3.63, 3.8) is 0 Å². The van der Waals surface area contributed by atoms with Crippen molar-refractivity contribution in [3.8, 4) is 0 Å². The highest BCUT2D eigenvalue weighted by Gasteiger charge is 2.05. The number of halogens is 1. The third kappa shape index (κ3) is 3.80. The van der Waals surface area contributed by atoms with Gasteiger partial charge in [0.1, 0.15) is 0 Å². The molecule has 0 unspecified atom stereocenters. The minimum absolute atomic E-state index is 0.601. The van der Waals surface area contributed by atoms with Crippen LogP contribution in [-0.4, -0.2) is 18.0 Å². The van der Waals surface area contributed by atoms with Crippen molar-refractivity contribution in [2.75, 3.05) is 6.61 Å². The zero-order chi connectivity index (χ0) is 13.5. The molecule has 0 spiro atoms. The quantitative estimate of drug-likeness (QED) is 0.610. The van der Waals surface area contributed by atoms with Crippen molar-refractivity contribution >= 4 is 23.7 Å². The summed E-state index contributed by atoms with van der Waals surface area (Å²) in [6.07, 6.45) is 5.65. The monoisotopic (exact) mass is 274 g/mol. The van der Waals surface area contributed by atoms with E-state index >= 15 is 0 Å². The number of pyridine rings is 1. The van der Waals surface area contributed by atoms with E-state index in [-0.39, 0.29) is 0 Å². The van der Waals surface area contributed by atoms with E-state index in [1.807, 2.05) is 37.3 Å². The molecule has 0 amide bonds. The summed E-state index contributed by atoms with van der Waals surface area (Å²) in [7, 11) is 0. The Morgan fingerprint density at radius 1 is 1.26 bits per heavy atom. The van der Waals surface area contributed by atoms with Crippen molar-refractivity contribution in [2.45, 2.75) is 13.3 Å². The average Bonchev–Trinajstić information content (AvgIpc) is 2.43. The van der Waals surface area contributed by atoms with Gasteiger partial charge < -0.3 is 4.74 Å². The van der Waals surface area contributed by atoms with Crippen LogP contribution in [0.5, 0.6) is 0 Å². The molecule has 0 bridgehead atoms. The van der Waals surface area contributed by atoms with Gasteiger partial charge in [-0.2, -0.15) is 0 Å². The lowest BCUT2D eigenvalue weighted by molar-refractivity contribution is 0.344. The van der Waals surface area contributed by atoms with Gasteiger partial charge in [0, 0.05) is 17.6 Å². The van der Waals surface area contributed by atoms with Gasteiger partial charge in [-0.25, -0.2) is 4.99 Å². The molecule has 0 saturated carbocycles. The van der Waals surface area contributed by atoms with E-state index in [0.717, 1.165) is 28.3 Å². The number of hydrogen-bond acceptors (Lipinski definition) is 3. The Kier molecular flexibility index (Phi) is 4.93. The van der Waals surface area contributed by atoms with Crippen molar-refractivity contribution in [2.24, 2.45) is 4.99 Å². The highest BCUT2D eigenvalue weighted by atomic mass is 35.5. The van der Waals surface area contributed by atoms with Crippen LogP contribution in [0.1, 0.15) is 18.1 Å². The SMILES string of the molecule is CCOC=Nc1cnccc1Cc1ccccc1Cl. The van der Waals surface area contributed by atoms with E-state index in [1.54, 1.807) is 12.4 Å². The highest BCUT2D eigenvalue weighted by Crippen LogP contribution is 2.24. The molecule has 0 saturated heterocycles. The summed E-state index contributed by atoms with van der Waals surface area (Å²) in [4.78, 5) is 8.35. The van der Waals surface area contributed by atoms with E-state index in [4.69, 9.17) is 16.3 Å². The van der Waals surface area contributed by atoms with Gasteiger partial charge in [-0.05, 0) is 30.2 Å². The Bertz CT molecular complexity index is 570. The van der Waals surface area contributed by atoms with Crippen LogP contribution >= 0.6 is 11.6 Å². The first-order chi connectivity index (χ1) is 9.31. The maximum atomic E-state index is 6.17. The topological polar surface area (TPSA) is 34.5 Å². The van der Waals surface area contributed by atoms with Crippen molar-refractivity contribution < 1.29 is 4.74 Å².